The Morgan fingerprint density at radius 3 is 2.43 bits per heavy atom. The number of hydrogen-bond acceptors (Lipinski definition) is 3. The van der Waals surface area contributed by atoms with Crippen LogP contribution >= 0.6 is 11.6 Å². The molecule has 23 heavy (non-hydrogen) atoms. The quantitative estimate of drug-likeness (QED) is 0.873. The van der Waals surface area contributed by atoms with E-state index in [2.05, 4.69) is 5.32 Å². The zero-order chi connectivity index (χ0) is 17.0. The second kappa shape index (κ2) is 7.49. The van der Waals surface area contributed by atoms with Crippen LogP contribution in [0.3, 0.4) is 0 Å². The molecule has 2 aromatic rings. The maximum absolute atomic E-state index is 12.4. The number of benzene rings is 2. The van der Waals surface area contributed by atoms with E-state index < -0.39 is 0 Å². The van der Waals surface area contributed by atoms with Gasteiger partial charge in [0.1, 0.15) is 11.9 Å². The summed E-state index contributed by atoms with van der Waals surface area (Å²) in [6.45, 7) is 3.67. The van der Waals surface area contributed by atoms with Crippen molar-refractivity contribution < 1.29 is 14.6 Å². The Balaban J connectivity index is 2.14. The largest absolute Gasteiger partial charge is 0.508 e. The van der Waals surface area contributed by atoms with Gasteiger partial charge in [-0.1, -0.05) is 23.7 Å². The molecule has 0 aromatic heterocycles. The molecule has 4 nitrogen and oxygen atoms in total. The number of halogens is 1. The highest BCUT2D eigenvalue weighted by molar-refractivity contribution is 6.30. The molecule has 0 saturated heterocycles. The molecule has 2 atom stereocenters. The highest BCUT2D eigenvalue weighted by atomic mass is 35.5. The van der Waals surface area contributed by atoms with E-state index >= 15 is 0 Å². The van der Waals surface area contributed by atoms with E-state index in [9.17, 15) is 9.90 Å². The van der Waals surface area contributed by atoms with Crippen molar-refractivity contribution in [1.29, 1.82) is 0 Å². The first-order valence-electron chi connectivity index (χ1n) is 7.31. The lowest BCUT2D eigenvalue weighted by molar-refractivity contribution is 0.0644. The van der Waals surface area contributed by atoms with Crippen molar-refractivity contribution >= 4 is 17.5 Å². The van der Waals surface area contributed by atoms with E-state index in [4.69, 9.17) is 16.3 Å². The summed E-state index contributed by atoms with van der Waals surface area (Å²) in [6.07, 6.45) is -0.284. The summed E-state index contributed by atoms with van der Waals surface area (Å²) in [5.74, 6) is -0.0611. The number of carbonyl (C=O) groups is 1. The molecule has 0 heterocycles. The predicted octanol–water partition coefficient (Wildman–Crippen LogP) is 3.86. The third-order valence-corrected chi connectivity index (χ3v) is 3.97. The number of aryl methyl sites for hydroxylation is 1. The average Bonchev–Trinajstić information content (AvgIpc) is 2.49. The number of phenolic OH excluding ortho intramolecular Hbond substituents is 1. The number of amides is 1. The van der Waals surface area contributed by atoms with Crippen LogP contribution in [0.1, 0.15) is 34.5 Å². The summed E-state index contributed by atoms with van der Waals surface area (Å²) in [5.41, 5.74) is 2.18. The number of methoxy groups -OCH3 is 1. The average molecular weight is 334 g/mol. The van der Waals surface area contributed by atoms with Crippen molar-refractivity contribution in [2.45, 2.75) is 26.0 Å². The summed E-state index contributed by atoms with van der Waals surface area (Å²) < 4.78 is 5.53. The number of nitrogens with one attached hydrogen (secondary N) is 1. The molecule has 0 aliphatic rings. The summed E-state index contributed by atoms with van der Waals surface area (Å²) in [7, 11) is 1.60. The number of phenols is 1. The lowest BCUT2D eigenvalue weighted by atomic mass is 10.0. The molecule has 0 aliphatic heterocycles. The molecule has 0 radical (unpaired) electrons. The zero-order valence-corrected chi connectivity index (χ0v) is 14.1. The molecule has 2 aromatic carbocycles. The normalized spacial score (nSPS) is 13.4. The second-order valence-corrected chi connectivity index (χ2v) is 5.91. The van der Waals surface area contributed by atoms with Gasteiger partial charge in [-0.3, -0.25) is 4.79 Å². The monoisotopic (exact) mass is 333 g/mol. The molecule has 0 fully saturated rings. The minimum Gasteiger partial charge on any atom is -0.508 e. The fourth-order valence-corrected chi connectivity index (χ4v) is 2.67. The summed E-state index contributed by atoms with van der Waals surface area (Å²) in [4.78, 5) is 12.4. The summed E-state index contributed by atoms with van der Waals surface area (Å²) >= 11 is 5.90. The molecule has 5 heteroatoms. The molecular formula is C18H20ClNO3. The highest BCUT2D eigenvalue weighted by Gasteiger charge is 2.22. The van der Waals surface area contributed by atoms with Gasteiger partial charge in [-0.25, -0.2) is 0 Å². The van der Waals surface area contributed by atoms with Crippen LogP contribution in [0.5, 0.6) is 5.75 Å². The molecule has 0 aliphatic carbocycles. The van der Waals surface area contributed by atoms with E-state index in [1.165, 1.54) is 6.07 Å². The van der Waals surface area contributed by atoms with Crippen LogP contribution < -0.4 is 5.32 Å². The highest BCUT2D eigenvalue weighted by Crippen LogP contribution is 2.23. The Morgan fingerprint density at radius 2 is 1.87 bits per heavy atom. The smallest absolute Gasteiger partial charge is 0.251 e. The molecule has 0 bridgehead atoms. The standard InChI is InChI=1S/C18H20ClNO3/c1-11-10-15(21)8-9-16(11)18(22)20-12(2)17(23-3)13-4-6-14(19)7-5-13/h4-10,12,17,21H,1-3H3,(H,20,22)/t12-,17-/m1/s1. The van der Waals surface area contributed by atoms with E-state index in [1.54, 1.807) is 38.3 Å². The molecule has 0 spiro atoms. The fourth-order valence-electron chi connectivity index (χ4n) is 2.54. The van der Waals surface area contributed by atoms with Gasteiger partial charge in [-0.2, -0.15) is 0 Å². The fraction of sp³-hybridized carbons (Fsp3) is 0.278. The number of aromatic hydroxyl groups is 1. The van der Waals surface area contributed by atoms with E-state index in [1.807, 2.05) is 19.1 Å². The minimum atomic E-state index is -0.284. The molecule has 2 rings (SSSR count). The van der Waals surface area contributed by atoms with Crippen molar-refractivity contribution in [1.82, 2.24) is 5.32 Å². The molecule has 2 N–H and O–H groups in total. The maximum Gasteiger partial charge on any atom is 0.251 e. The van der Waals surface area contributed by atoms with Crippen LogP contribution in [0.4, 0.5) is 0 Å². The van der Waals surface area contributed by atoms with Gasteiger partial charge >= 0.3 is 0 Å². The van der Waals surface area contributed by atoms with Crippen LogP contribution in [-0.4, -0.2) is 24.2 Å². The summed E-state index contributed by atoms with van der Waals surface area (Å²) in [6, 6.07) is 11.8. The van der Waals surface area contributed by atoms with Crippen molar-refractivity contribution in [2.75, 3.05) is 7.11 Å². The lowest BCUT2D eigenvalue weighted by Gasteiger charge is -2.24. The minimum absolute atomic E-state index is 0.142. The van der Waals surface area contributed by atoms with Crippen LogP contribution in [-0.2, 0) is 4.74 Å². The molecule has 1 amide bonds. The number of carbonyl (C=O) groups excluding carboxylic acids is 1. The van der Waals surface area contributed by atoms with Gasteiger partial charge < -0.3 is 15.2 Å². The Labute approximate surface area is 141 Å². The van der Waals surface area contributed by atoms with Crippen molar-refractivity contribution in [3.05, 3.63) is 64.2 Å². The van der Waals surface area contributed by atoms with Gasteiger partial charge in [-0.05, 0) is 55.3 Å². The second-order valence-electron chi connectivity index (χ2n) is 5.47. The SMILES string of the molecule is CO[C@@H](c1ccc(Cl)cc1)[C@@H](C)NC(=O)c1ccc(O)cc1C. The van der Waals surface area contributed by atoms with Gasteiger partial charge in [0, 0.05) is 17.7 Å². The molecular weight excluding hydrogens is 314 g/mol. The third kappa shape index (κ3) is 4.24. The summed E-state index contributed by atoms with van der Waals surface area (Å²) in [5, 5.41) is 13.0. The molecule has 122 valence electrons. The topological polar surface area (TPSA) is 58.6 Å². The van der Waals surface area contributed by atoms with E-state index in [0.717, 1.165) is 11.1 Å². The van der Waals surface area contributed by atoms with Crippen molar-refractivity contribution in [3.63, 3.8) is 0 Å². The molecule has 0 saturated carbocycles. The van der Waals surface area contributed by atoms with Crippen LogP contribution in [0.15, 0.2) is 42.5 Å². The van der Waals surface area contributed by atoms with Gasteiger partial charge in [0.15, 0.2) is 0 Å². The number of hydrogen-bond donors (Lipinski definition) is 2. The Hall–Kier alpha value is -2.04. The van der Waals surface area contributed by atoms with Crippen LogP contribution in [0.2, 0.25) is 5.02 Å². The third-order valence-electron chi connectivity index (χ3n) is 3.72. The first-order valence-corrected chi connectivity index (χ1v) is 7.69. The van der Waals surface area contributed by atoms with Gasteiger partial charge in [0.25, 0.3) is 5.91 Å². The maximum atomic E-state index is 12.4. The van der Waals surface area contributed by atoms with E-state index in [0.29, 0.717) is 10.6 Å². The Morgan fingerprint density at radius 1 is 1.22 bits per heavy atom. The first kappa shape index (κ1) is 17.3. The predicted molar refractivity (Wildman–Crippen MR) is 91.0 cm³/mol. The number of rotatable bonds is 5. The van der Waals surface area contributed by atoms with Crippen LogP contribution in [0, 0.1) is 6.92 Å². The number of ether oxygens (including phenoxy) is 1. The van der Waals surface area contributed by atoms with Crippen molar-refractivity contribution in [2.24, 2.45) is 0 Å². The van der Waals surface area contributed by atoms with Crippen molar-refractivity contribution in [3.8, 4) is 5.75 Å². The van der Waals surface area contributed by atoms with Gasteiger partial charge in [0.05, 0.1) is 6.04 Å². The first-order chi connectivity index (χ1) is 10.9. The lowest BCUT2D eigenvalue weighted by Crippen LogP contribution is -2.38. The van der Waals surface area contributed by atoms with E-state index in [-0.39, 0.29) is 23.8 Å². The Bertz CT molecular complexity index is 685. The molecule has 0 unspecified atom stereocenters. The Kier molecular flexibility index (Phi) is 5.64. The van der Waals surface area contributed by atoms with Crippen LogP contribution in [0.25, 0.3) is 0 Å². The van der Waals surface area contributed by atoms with Gasteiger partial charge in [0.2, 0.25) is 0 Å². The zero-order valence-electron chi connectivity index (χ0n) is 13.3. The van der Waals surface area contributed by atoms with Gasteiger partial charge in [-0.15, -0.1) is 0 Å².